The first-order chi connectivity index (χ1) is 16.8. The normalized spacial score (nSPS) is 17.2. The molecule has 0 spiro atoms. The lowest BCUT2D eigenvalue weighted by Crippen LogP contribution is -2.29. The summed E-state index contributed by atoms with van der Waals surface area (Å²) in [6, 6.07) is 20.7. The average molecular weight is 472 g/mol. The molecule has 0 bridgehead atoms. The van der Waals surface area contributed by atoms with E-state index in [4.69, 9.17) is 9.47 Å². The molecule has 0 radical (unpaired) electrons. The highest BCUT2D eigenvalue weighted by Crippen LogP contribution is 2.42. The fraction of sp³-hybridized carbons (Fsp3) is 0.241. The van der Waals surface area contributed by atoms with Gasteiger partial charge in [0.15, 0.2) is 0 Å². The number of carbonyl (C=O) groups is 2. The molecule has 3 aromatic carbocycles. The minimum absolute atomic E-state index is 0.0110. The van der Waals surface area contributed by atoms with Crippen molar-refractivity contribution >= 4 is 23.1 Å². The van der Waals surface area contributed by atoms with E-state index in [-0.39, 0.29) is 17.4 Å². The van der Waals surface area contributed by atoms with Gasteiger partial charge in [-0.2, -0.15) is 0 Å². The van der Waals surface area contributed by atoms with Crippen molar-refractivity contribution in [3.8, 4) is 11.5 Å². The van der Waals surface area contributed by atoms with Crippen molar-refractivity contribution in [2.75, 3.05) is 12.0 Å². The number of hydrogen-bond acceptors (Lipinski definition) is 5. The number of amides is 1. The van der Waals surface area contributed by atoms with E-state index in [2.05, 4.69) is 0 Å². The third kappa shape index (κ3) is 4.78. The maximum atomic E-state index is 13.3. The van der Waals surface area contributed by atoms with E-state index in [0.717, 1.165) is 12.0 Å². The molecule has 180 valence electrons. The standard InChI is InChI=1S/C29H29NO5/c1-5-19-6-8-21(9-7-19)27(31)25-26(20-10-14-24(15-11-20)35-18(2)3)30(29(33)28(25)32)22-12-16-23(34-4)17-13-22/h6-18,26,31H,5H2,1-4H3/b27-25+. The van der Waals surface area contributed by atoms with Crippen LogP contribution >= 0.6 is 0 Å². The first-order valence-electron chi connectivity index (χ1n) is 11.6. The van der Waals surface area contributed by atoms with Crippen molar-refractivity contribution in [1.29, 1.82) is 0 Å². The highest BCUT2D eigenvalue weighted by molar-refractivity contribution is 6.51. The third-order valence-corrected chi connectivity index (χ3v) is 6.00. The van der Waals surface area contributed by atoms with E-state index < -0.39 is 17.7 Å². The van der Waals surface area contributed by atoms with Gasteiger partial charge >= 0.3 is 0 Å². The Morgan fingerprint density at radius 1 is 0.914 bits per heavy atom. The smallest absolute Gasteiger partial charge is 0.300 e. The van der Waals surface area contributed by atoms with Crippen molar-refractivity contribution in [3.05, 3.63) is 95.1 Å². The van der Waals surface area contributed by atoms with Gasteiger partial charge in [0.05, 0.1) is 24.8 Å². The molecular weight excluding hydrogens is 442 g/mol. The summed E-state index contributed by atoms with van der Waals surface area (Å²) in [4.78, 5) is 28.0. The minimum Gasteiger partial charge on any atom is -0.507 e. The van der Waals surface area contributed by atoms with Crippen LogP contribution in [0, 0.1) is 0 Å². The van der Waals surface area contributed by atoms with Gasteiger partial charge in [0, 0.05) is 11.3 Å². The van der Waals surface area contributed by atoms with Gasteiger partial charge in [-0.15, -0.1) is 0 Å². The Morgan fingerprint density at radius 3 is 2.06 bits per heavy atom. The molecule has 35 heavy (non-hydrogen) atoms. The molecule has 0 saturated carbocycles. The van der Waals surface area contributed by atoms with Gasteiger partial charge in [0.1, 0.15) is 17.3 Å². The van der Waals surface area contributed by atoms with Crippen LogP contribution in [0.3, 0.4) is 0 Å². The lowest BCUT2D eigenvalue weighted by molar-refractivity contribution is -0.132. The van der Waals surface area contributed by atoms with Gasteiger partial charge in [0.2, 0.25) is 0 Å². The van der Waals surface area contributed by atoms with E-state index in [9.17, 15) is 14.7 Å². The van der Waals surface area contributed by atoms with Crippen molar-refractivity contribution in [2.45, 2.75) is 39.3 Å². The predicted octanol–water partition coefficient (Wildman–Crippen LogP) is 5.67. The highest BCUT2D eigenvalue weighted by atomic mass is 16.5. The van der Waals surface area contributed by atoms with Gasteiger partial charge in [0.25, 0.3) is 11.7 Å². The molecule has 1 heterocycles. The molecule has 6 heteroatoms. The Hall–Kier alpha value is -4.06. The number of hydrogen-bond donors (Lipinski definition) is 1. The number of anilines is 1. The fourth-order valence-electron chi connectivity index (χ4n) is 4.21. The molecule has 0 aromatic heterocycles. The summed E-state index contributed by atoms with van der Waals surface area (Å²) < 4.78 is 11.0. The maximum Gasteiger partial charge on any atom is 0.300 e. The Morgan fingerprint density at radius 2 is 1.51 bits per heavy atom. The first-order valence-corrected chi connectivity index (χ1v) is 11.6. The van der Waals surface area contributed by atoms with Crippen LogP contribution in [0.2, 0.25) is 0 Å². The molecule has 1 aliphatic heterocycles. The van der Waals surface area contributed by atoms with Crippen LogP contribution in [0.5, 0.6) is 11.5 Å². The second-order valence-corrected chi connectivity index (χ2v) is 8.65. The number of ketones is 1. The monoisotopic (exact) mass is 471 g/mol. The lowest BCUT2D eigenvalue weighted by Gasteiger charge is -2.26. The molecule has 1 atom stereocenters. The molecule has 1 aliphatic rings. The molecule has 4 rings (SSSR count). The number of benzene rings is 3. The molecule has 0 aliphatic carbocycles. The molecule has 1 saturated heterocycles. The summed E-state index contributed by atoms with van der Waals surface area (Å²) in [5.41, 5.74) is 2.86. The topological polar surface area (TPSA) is 76.1 Å². The van der Waals surface area contributed by atoms with E-state index in [1.54, 1.807) is 55.6 Å². The molecule has 1 amide bonds. The number of rotatable bonds is 7. The van der Waals surface area contributed by atoms with Crippen molar-refractivity contribution in [3.63, 3.8) is 0 Å². The molecule has 1 N–H and O–H groups in total. The van der Waals surface area contributed by atoms with Crippen LogP contribution < -0.4 is 14.4 Å². The number of aliphatic hydroxyl groups is 1. The molecular formula is C29H29NO5. The minimum atomic E-state index is -0.803. The number of nitrogens with zero attached hydrogens (tertiary/aromatic N) is 1. The van der Waals surface area contributed by atoms with E-state index in [1.165, 1.54) is 4.90 Å². The van der Waals surface area contributed by atoms with Gasteiger partial charge in [-0.3, -0.25) is 14.5 Å². The molecule has 3 aromatic rings. The first kappa shape index (κ1) is 24.1. The predicted molar refractivity (Wildman–Crippen MR) is 136 cm³/mol. The van der Waals surface area contributed by atoms with E-state index in [1.807, 2.05) is 45.0 Å². The Labute approximate surface area is 205 Å². The van der Waals surface area contributed by atoms with E-state index in [0.29, 0.717) is 28.3 Å². The van der Waals surface area contributed by atoms with E-state index >= 15 is 0 Å². The Bertz CT molecular complexity index is 1240. The van der Waals surface area contributed by atoms with Gasteiger partial charge < -0.3 is 14.6 Å². The summed E-state index contributed by atoms with van der Waals surface area (Å²) in [7, 11) is 1.56. The van der Waals surface area contributed by atoms with Gasteiger partial charge in [-0.25, -0.2) is 0 Å². The summed E-state index contributed by atoms with van der Waals surface area (Å²) >= 11 is 0. The zero-order valence-corrected chi connectivity index (χ0v) is 20.3. The second kappa shape index (κ2) is 10.1. The van der Waals surface area contributed by atoms with Gasteiger partial charge in [-0.1, -0.05) is 43.3 Å². The summed E-state index contributed by atoms with van der Waals surface area (Å²) in [6.07, 6.45) is 0.866. The number of aryl methyl sites for hydroxylation is 1. The Balaban J connectivity index is 1.86. The molecule has 6 nitrogen and oxygen atoms in total. The fourth-order valence-corrected chi connectivity index (χ4v) is 4.21. The summed E-state index contributed by atoms with van der Waals surface area (Å²) in [5, 5.41) is 11.3. The number of Topliss-reactive ketones (excluding diaryl/α,β-unsaturated/α-hetero) is 1. The number of ether oxygens (including phenoxy) is 2. The van der Waals surface area contributed by atoms with Crippen molar-refractivity contribution in [2.24, 2.45) is 0 Å². The van der Waals surface area contributed by atoms with Crippen LogP contribution in [0.15, 0.2) is 78.4 Å². The zero-order chi connectivity index (χ0) is 25.1. The third-order valence-electron chi connectivity index (χ3n) is 6.00. The largest absolute Gasteiger partial charge is 0.507 e. The summed E-state index contributed by atoms with van der Waals surface area (Å²) in [5.74, 6) is -0.317. The average Bonchev–Trinajstić information content (AvgIpc) is 3.14. The molecule has 1 unspecified atom stereocenters. The lowest BCUT2D eigenvalue weighted by atomic mass is 9.94. The second-order valence-electron chi connectivity index (χ2n) is 8.65. The van der Waals surface area contributed by atoms with Crippen LogP contribution in [0.4, 0.5) is 5.69 Å². The number of methoxy groups -OCH3 is 1. The van der Waals surface area contributed by atoms with Crippen LogP contribution in [0.1, 0.15) is 43.5 Å². The zero-order valence-electron chi connectivity index (χ0n) is 20.3. The van der Waals surface area contributed by atoms with Crippen LogP contribution in [0.25, 0.3) is 5.76 Å². The van der Waals surface area contributed by atoms with Gasteiger partial charge in [-0.05, 0) is 67.8 Å². The number of carbonyl (C=O) groups excluding carboxylic acids is 2. The van der Waals surface area contributed by atoms with Crippen molar-refractivity contribution < 1.29 is 24.2 Å². The highest BCUT2D eigenvalue weighted by Gasteiger charge is 2.47. The Kier molecular flexibility index (Phi) is 6.92. The maximum absolute atomic E-state index is 13.3. The number of aliphatic hydroxyl groups excluding tert-OH is 1. The van der Waals surface area contributed by atoms with Crippen molar-refractivity contribution in [1.82, 2.24) is 0 Å². The molecule has 1 fully saturated rings. The summed E-state index contributed by atoms with van der Waals surface area (Å²) in [6.45, 7) is 5.93. The van der Waals surface area contributed by atoms with Crippen LogP contribution in [-0.2, 0) is 16.0 Å². The SMILES string of the molecule is CCc1ccc(/C(O)=C2\C(=O)C(=O)N(c3ccc(OC)cc3)C2c2ccc(OC(C)C)cc2)cc1. The van der Waals surface area contributed by atoms with Crippen LogP contribution in [-0.4, -0.2) is 30.0 Å². The quantitative estimate of drug-likeness (QED) is 0.273.